The van der Waals surface area contributed by atoms with Crippen molar-refractivity contribution in [3.8, 4) is 11.5 Å². The van der Waals surface area contributed by atoms with Gasteiger partial charge in [-0.2, -0.15) is 0 Å². The molecule has 25 heavy (non-hydrogen) atoms. The minimum atomic E-state index is -0.402. The number of hydrogen-bond donors (Lipinski definition) is 3. The van der Waals surface area contributed by atoms with Crippen molar-refractivity contribution < 1.29 is 19.1 Å². The fourth-order valence-electron chi connectivity index (χ4n) is 2.12. The maximum absolute atomic E-state index is 12.0. The summed E-state index contributed by atoms with van der Waals surface area (Å²) in [6.07, 6.45) is 0. The van der Waals surface area contributed by atoms with Crippen molar-refractivity contribution in [1.82, 2.24) is 10.6 Å². The van der Waals surface area contributed by atoms with E-state index >= 15 is 0 Å². The lowest BCUT2D eigenvalue weighted by atomic mass is 10.2. The Morgan fingerprint density at radius 1 is 0.920 bits per heavy atom. The van der Waals surface area contributed by atoms with Crippen LogP contribution >= 0.6 is 0 Å². The maximum Gasteiger partial charge on any atom is 0.319 e. The standard InChI is InChI=1S/C18H21N3O4/c1-24-14-8-9-16(25-2)15(12-14)21-18(23)20-11-10-19-17(22)13-6-4-3-5-7-13/h3-9,12H,10-11H2,1-2H3,(H,19,22)(H2,20,21,23). The Hall–Kier alpha value is -3.22. The van der Waals surface area contributed by atoms with Crippen molar-refractivity contribution in [3.05, 3.63) is 54.1 Å². The van der Waals surface area contributed by atoms with E-state index in [1.54, 1.807) is 49.6 Å². The van der Waals surface area contributed by atoms with Gasteiger partial charge in [0.2, 0.25) is 0 Å². The maximum atomic E-state index is 12.0. The molecule has 0 saturated carbocycles. The van der Waals surface area contributed by atoms with Crippen LogP contribution in [0.15, 0.2) is 48.5 Å². The molecule has 0 atom stereocenters. The molecular formula is C18H21N3O4. The molecule has 0 fully saturated rings. The summed E-state index contributed by atoms with van der Waals surface area (Å²) in [6.45, 7) is 0.604. The number of nitrogens with one attached hydrogen (secondary N) is 3. The fourth-order valence-corrected chi connectivity index (χ4v) is 2.12. The van der Waals surface area contributed by atoms with E-state index in [1.807, 2.05) is 6.07 Å². The molecule has 0 aromatic heterocycles. The highest BCUT2D eigenvalue weighted by atomic mass is 16.5. The summed E-state index contributed by atoms with van der Waals surface area (Å²) in [5.74, 6) is 0.942. The van der Waals surface area contributed by atoms with E-state index in [0.29, 0.717) is 29.3 Å². The molecule has 0 aliphatic rings. The molecule has 0 saturated heterocycles. The number of amides is 3. The highest BCUT2D eigenvalue weighted by Crippen LogP contribution is 2.28. The highest BCUT2D eigenvalue weighted by Gasteiger charge is 2.09. The van der Waals surface area contributed by atoms with Crippen molar-refractivity contribution >= 4 is 17.6 Å². The SMILES string of the molecule is COc1ccc(OC)c(NC(=O)NCCNC(=O)c2ccccc2)c1. The first-order valence-corrected chi connectivity index (χ1v) is 7.74. The van der Waals surface area contributed by atoms with Gasteiger partial charge in [0.25, 0.3) is 5.91 Å². The van der Waals surface area contributed by atoms with Gasteiger partial charge in [-0.25, -0.2) is 4.79 Å². The van der Waals surface area contributed by atoms with Gasteiger partial charge in [-0.15, -0.1) is 0 Å². The summed E-state index contributed by atoms with van der Waals surface area (Å²) in [5.41, 5.74) is 1.07. The second-order valence-corrected chi connectivity index (χ2v) is 5.07. The van der Waals surface area contributed by atoms with Crippen molar-refractivity contribution in [2.75, 3.05) is 32.6 Å². The molecule has 0 unspecified atom stereocenters. The van der Waals surface area contributed by atoms with E-state index in [4.69, 9.17) is 9.47 Å². The molecule has 2 rings (SSSR count). The monoisotopic (exact) mass is 343 g/mol. The minimum Gasteiger partial charge on any atom is -0.497 e. The van der Waals surface area contributed by atoms with Crippen LogP contribution in [0, 0.1) is 0 Å². The van der Waals surface area contributed by atoms with Gasteiger partial charge in [-0.1, -0.05) is 18.2 Å². The molecule has 132 valence electrons. The van der Waals surface area contributed by atoms with E-state index in [-0.39, 0.29) is 12.5 Å². The zero-order valence-electron chi connectivity index (χ0n) is 14.2. The lowest BCUT2D eigenvalue weighted by Gasteiger charge is -2.12. The molecule has 3 N–H and O–H groups in total. The first-order valence-electron chi connectivity index (χ1n) is 7.74. The molecule has 2 aromatic rings. The van der Waals surface area contributed by atoms with E-state index in [9.17, 15) is 9.59 Å². The highest BCUT2D eigenvalue weighted by molar-refractivity contribution is 5.94. The Morgan fingerprint density at radius 2 is 1.64 bits per heavy atom. The lowest BCUT2D eigenvalue weighted by molar-refractivity contribution is 0.0954. The van der Waals surface area contributed by atoms with Crippen LogP contribution in [0.1, 0.15) is 10.4 Å². The Morgan fingerprint density at radius 3 is 2.32 bits per heavy atom. The number of ether oxygens (including phenoxy) is 2. The van der Waals surface area contributed by atoms with E-state index in [0.717, 1.165) is 0 Å². The van der Waals surface area contributed by atoms with Crippen LogP contribution in [-0.4, -0.2) is 39.2 Å². The third kappa shape index (κ3) is 5.42. The Kier molecular flexibility index (Phi) is 6.65. The second-order valence-electron chi connectivity index (χ2n) is 5.07. The Labute approximate surface area is 146 Å². The van der Waals surface area contributed by atoms with Crippen LogP contribution in [0.3, 0.4) is 0 Å². The van der Waals surface area contributed by atoms with Gasteiger partial charge >= 0.3 is 6.03 Å². The smallest absolute Gasteiger partial charge is 0.319 e. The number of carbonyl (C=O) groups is 2. The van der Waals surface area contributed by atoms with Gasteiger partial charge in [-0.05, 0) is 24.3 Å². The van der Waals surface area contributed by atoms with Gasteiger partial charge in [0.05, 0.1) is 19.9 Å². The van der Waals surface area contributed by atoms with Crippen molar-refractivity contribution in [3.63, 3.8) is 0 Å². The molecule has 7 heteroatoms. The summed E-state index contributed by atoms with van der Waals surface area (Å²) >= 11 is 0. The van der Waals surface area contributed by atoms with Crippen LogP contribution in [-0.2, 0) is 0 Å². The van der Waals surface area contributed by atoms with E-state index < -0.39 is 6.03 Å². The minimum absolute atomic E-state index is 0.183. The topological polar surface area (TPSA) is 88.7 Å². The van der Waals surface area contributed by atoms with Crippen LogP contribution < -0.4 is 25.4 Å². The summed E-state index contributed by atoms with van der Waals surface area (Å²) in [6, 6.07) is 13.6. The molecule has 0 bridgehead atoms. The summed E-state index contributed by atoms with van der Waals surface area (Å²) in [7, 11) is 3.06. The number of rotatable bonds is 7. The number of benzene rings is 2. The predicted molar refractivity (Wildman–Crippen MR) is 95.3 cm³/mol. The number of methoxy groups -OCH3 is 2. The van der Waals surface area contributed by atoms with E-state index in [1.165, 1.54) is 7.11 Å². The molecular weight excluding hydrogens is 322 g/mol. The van der Waals surface area contributed by atoms with Gasteiger partial charge in [0, 0.05) is 24.7 Å². The van der Waals surface area contributed by atoms with Crippen molar-refractivity contribution in [2.24, 2.45) is 0 Å². The van der Waals surface area contributed by atoms with Crippen LogP contribution in [0.2, 0.25) is 0 Å². The third-order valence-electron chi connectivity index (χ3n) is 3.39. The molecule has 0 spiro atoms. The van der Waals surface area contributed by atoms with Gasteiger partial charge in [0.15, 0.2) is 0 Å². The first kappa shape index (κ1) is 18.1. The average Bonchev–Trinajstić information content (AvgIpc) is 2.65. The molecule has 0 aliphatic heterocycles. The Balaban J connectivity index is 1.78. The third-order valence-corrected chi connectivity index (χ3v) is 3.39. The zero-order valence-corrected chi connectivity index (χ0v) is 14.2. The molecule has 0 radical (unpaired) electrons. The van der Waals surface area contributed by atoms with Crippen LogP contribution in [0.5, 0.6) is 11.5 Å². The Bertz CT molecular complexity index is 720. The van der Waals surface area contributed by atoms with Crippen molar-refractivity contribution in [2.45, 2.75) is 0 Å². The van der Waals surface area contributed by atoms with Gasteiger partial charge < -0.3 is 25.4 Å². The number of carbonyl (C=O) groups excluding carboxylic acids is 2. The quantitative estimate of drug-likeness (QED) is 0.673. The lowest BCUT2D eigenvalue weighted by Crippen LogP contribution is -2.36. The van der Waals surface area contributed by atoms with Crippen molar-refractivity contribution in [1.29, 1.82) is 0 Å². The summed E-state index contributed by atoms with van der Waals surface area (Å²) < 4.78 is 10.3. The van der Waals surface area contributed by atoms with Gasteiger partial charge in [0.1, 0.15) is 11.5 Å². The molecule has 0 heterocycles. The summed E-state index contributed by atoms with van der Waals surface area (Å²) in [4.78, 5) is 23.8. The van der Waals surface area contributed by atoms with Gasteiger partial charge in [-0.3, -0.25) is 4.79 Å². The van der Waals surface area contributed by atoms with E-state index in [2.05, 4.69) is 16.0 Å². The molecule has 2 aromatic carbocycles. The first-order chi connectivity index (χ1) is 12.1. The number of anilines is 1. The molecule has 3 amide bonds. The van der Waals surface area contributed by atoms with Crippen LogP contribution in [0.4, 0.5) is 10.5 Å². The largest absolute Gasteiger partial charge is 0.497 e. The number of urea groups is 1. The average molecular weight is 343 g/mol. The fraction of sp³-hybridized carbons (Fsp3) is 0.222. The molecule has 7 nitrogen and oxygen atoms in total. The predicted octanol–water partition coefficient (Wildman–Crippen LogP) is 2.26. The second kappa shape index (κ2) is 9.17. The normalized spacial score (nSPS) is 9.84. The zero-order chi connectivity index (χ0) is 18.1. The summed E-state index contributed by atoms with van der Waals surface area (Å²) in [5, 5.41) is 8.09. The van der Waals surface area contributed by atoms with Crippen LogP contribution in [0.25, 0.3) is 0 Å². The molecule has 0 aliphatic carbocycles. The number of hydrogen-bond acceptors (Lipinski definition) is 4.